The SMILES string of the molecule is Cc1ccc(-c2c(CSc3ncn[nH]3)c(C)nc(CC(C)(C)C)c2C(N)c2c(CC(C)(C)C)nc(C)c(CSc3ncn[nH]3)c2-c2ccc(C)cc2)cc1.Cl. The Hall–Kier alpha value is -4.03. The number of nitrogens with two attached hydrogens (primary N) is 1. The first-order chi connectivity index (χ1) is 25.6. The van der Waals surface area contributed by atoms with Gasteiger partial charge in [0, 0.05) is 45.4 Å². The van der Waals surface area contributed by atoms with Crippen LogP contribution in [0.15, 0.2) is 71.5 Å². The van der Waals surface area contributed by atoms with Crippen LogP contribution in [0.25, 0.3) is 22.3 Å². The molecule has 0 atom stereocenters. The van der Waals surface area contributed by atoms with E-state index in [4.69, 9.17) is 15.7 Å². The van der Waals surface area contributed by atoms with Crippen LogP contribution in [-0.4, -0.2) is 40.3 Å². The van der Waals surface area contributed by atoms with Gasteiger partial charge in [0.2, 0.25) is 0 Å². The summed E-state index contributed by atoms with van der Waals surface area (Å²) in [5.41, 5.74) is 23.2. The quantitative estimate of drug-likeness (QED) is 0.103. The number of aromatic amines is 2. The molecule has 0 aliphatic rings. The Morgan fingerprint density at radius 3 is 1.27 bits per heavy atom. The summed E-state index contributed by atoms with van der Waals surface area (Å²) in [6.45, 7) is 22.1. The van der Waals surface area contributed by atoms with Crippen molar-refractivity contribution in [1.82, 2.24) is 40.3 Å². The topological polar surface area (TPSA) is 135 Å². The fraction of sp³-hybridized carbons (Fsp3) is 0.395. The second-order valence-electron chi connectivity index (χ2n) is 16.7. The highest BCUT2D eigenvalue weighted by Crippen LogP contribution is 2.46. The van der Waals surface area contributed by atoms with Gasteiger partial charge in [0.1, 0.15) is 12.7 Å². The van der Waals surface area contributed by atoms with E-state index in [1.165, 1.54) is 11.1 Å². The molecular formula is C43H54ClN9S2. The third-order valence-electron chi connectivity index (χ3n) is 9.43. The molecule has 4 heterocycles. The average molecular weight is 797 g/mol. The van der Waals surface area contributed by atoms with Crippen LogP contribution in [0.5, 0.6) is 0 Å². The summed E-state index contributed by atoms with van der Waals surface area (Å²) in [6.07, 6.45) is 4.61. The highest BCUT2D eigenvalue weighted by molar-refractivity contribution is 7.98. The van der Waals surface area contributed by atoms with Crippen LogP contribution in [0.3, 0.4) is 0 Å². The Morgan fingerprint density at radius 2 is 0.964 bits per heavy atom. The molecule has 0 aliphatic carbocycles. The Bertz CT molecular complexity index is 2030. The maximum Gasteiger partial charge on any atom is 0.183 e. The number of aromatic nitrogens is 8. The average Bonchev–Trinajstić information content (AvgIpc) is 3.81. The number of hydrogen-bond donors (Lipinski definition) is 3. The lowest BCUT2D eigenvalue weighted by atomic mass is 9.78. The summed E-state index contributed by atoms with van der Waals surface area (Å²) in [5, 5.41) is 15.8. The third-order valence-corrected chi connectivity index (χ3v) is 11.2. The number of rotatable bonds is 12. The molecule has 0 aliphatic heterocycles. The Kier molecular flexibility index (Phi) is 13.3. The van der Waals surface area contributed by atoms with Crippen LogP contribution in [0, 0.1) is 38.5 Å². The summed E-state index contributed by atoms with van der Waals surface area (Å²) in [5.74, 6) is 1.30. The Labute approximate surface area is 340 Å². The Balaban J connectivity index is 0.00000580. The molecule has 0 spiro atoms. The van der Waals surface area contributed by atoms with Crippen LogP contribution in [-0.2, 0) is 24.3 Å². The van der Waals surface area contributed by atoms with Crippen LogP contribution < -0.4 is 5.73 Å². The minimum atomic E-state index is -0.545. The number of hydrogen-bond acceptors (Lipinski definition) is 9. The van der Waals surface area contributed by atoms with Gasteiger partial charge in [-0.3, -0.25) is 20.2 Å². The van der Waals surface area contributed by atoms with Crippen molar-refractivity contribution in [3.63, 3.8) is 0 Å². The molecule has 4 aromatic heterocycles. The lowest BCUT2D eigenvalue weighted by molar-refractivity contribution is 0.401. The summed E-state index contributed by atoms with van der Waals surface area (Å²) >= 11 is 3.25. The fourth-order valence-electron chi connectivity index (χ4n) is 6.99. The molecule has 0 unspecified atom stereocenters. The first-order valence-electron chi connectivity index (χ1n) is 18.5. The molecule has 0 saturated heterocycles. The molecule has 4 N–H and O–H groups in total. The molecule has 2 aromatic carbocycles. The van der Waals surface area contributed by atoms with Crippen LogP contribution in [0.4, 0.5) is 0 Å². The fourth-order valence-corrected chi connectivity index (χ4v) is 8.73. The second kappa shape index (κ2) is 17.4. The maximum atomic E-state index is 7.96. The third kappa shape index (κ3) is 10.2. The summed E-state index contributed by atoms with van der Waals surface area (Å²) in [6, 6.07) is 17.1. The standard InChI is InChI=1S/C43H53N9S2.ClH/c1-25-11-15-29(16-12-25)35-31(21-53-40-45-23-47-51-40)27(3)49-33(19-42(5,6)7)37(35)39(44)38-34(20-43(8,9)10)50-28(4)32(22-54-41-46-24-48-52-41)36(38)30-17-13-26(2)14-18-30;/h11-18,23-24,39H,19-22,44H2,1-10H3,(H,45,47,51)(H,46,48,52);1H. The van der Waals surface area contributed by atoms with E-state index in [9.17, 15) is 0 Å². The van der Waals surface area contributed by atoms with Gasteiger partial charge in [-0.05, 0) is 84.7 Å². The van der Waals surface area contributed by atoms with E-state index >= 15 is 0 Å². The van der Waals surface area contributed by atoms with E-state index in [1.54, 1.807) is 36.2 Å². The van der Waals surface area contributed by atoms with Crippen molar-refractivity contribution in [3.05, 3.63) is 117 Å². The molecule has 0 fully saturated rings. The highest BCUT2D eigenvalue weighted by atomic mass is 35.5. The second-order valence-corrected chi connectivity index (χ2v) is 18.6. The maximum absolute atomic E-state index is 7.96. The molecular weight excluding hydrogens is 742 g/mol. The van der Waals surface area contributed by atoms with Crippen molar-refractivity contribution in [2.24, 2.45) is 16.6 Å². The molecule has 290 valence electrons. The van der Waals surface area contributed by atoms with Crippen molar-refractivity contribution >= 4 is 35.9 Å². The number of H-pyrrole nitrogens is 2. The number of benzene rings is 2. The molecule has 0 radical (unpaired) electrons. The zero-order valence-electron chi connectivity index (χ0n) is 33.7. The number of nitrogens with zero attached hydrogens (tertiary/aromatic N) is 6. The van der Waals surface area contributed by atoms with Crippen molar-refractivity contribution in [3.8, 4) is 22.3 Å². The van der Waals surface area contributed by atoms with Crippen molar-refractivity contribution in [2.75, 3.05) is 0 Å². The van der Waals surface area contributed by atoms with E-state index in [0.29, 0.717) is 11.5 Å². The van der Waals surface area contributed by atoms with Crippen LogP contribution >= 0.6 is 35.9 Å². The van der Waals surface area contributed by atoms with Gasteiger partial charge in [-0.2, -0.15) is 10.2 Å². The zero-order chi connectivity index (χ0) is 38.8. The van der Waals surface area contributed by atoms with E-state index in [-0.39, 0.29) is 23.2 Å². The largest absolute Gasteiger partial charge is 0.320 e. The monoisotopic (exact) mass is 795 g/mol. The van der Waals surface area contributed by atoms with Gasteiger partial charge in [-0.15, -0.1) is 12.4 Å². The minimum Gasteiger partial charge on any atom is -0.320 e. The van der Waals surface area contributed by atoms with Gasteiger partial charge in [0.05, 0.1) is 6.04 Å². The Morgan fingerprint density at radius 1 is 0.600 bits per heavy atom. The number of thioether (sulfide) groups is 2. The van der Waals surface area contributed by atoms with Gasteiger partial charge in [0.25, 0.3) is 0 Å². The van der Waals surface area contributed by atoms with Crippen molar-refractivity contribution < 1.29 is 0 Å². The highest BCUT2D eigenvalue weighted by Gasteiger charge is 2.33. The number of halogens is 1. The van der Waals surface area contributed by atoms with E-state index in [0.717, 1.165) is 90.4 Å². The molecule has 12 heteroatoms. The number of aryl methyl sites for hydroxylation is 4. The van der Waals surface area contributed by atoms with Crippen molar-refractivity contribution in [1.29, 1.82) is 0 Å². The molecule has 0 saturated carbocycles. The van der Waals surface area contributed by atoms with E-state index in [1.807, 2.05) is 0 Å². The molecule has 6 rings (SSSR count). The van der Waals surface area contributed by atoms with Crippen LogP contribution in [0.2, 0.25) is 0 Å². The van der Waals surface area contributed by atoms with E-state index in [2.05, 4.69) is 148 Å². The number of pyridine rings is 2. The molecule has 0 amide bonds. The molecule has 0 bridgehead atoms. The molecule has 55 heavy (non-hydrogen) atoms. The number of nitrogens with one attached hydrogen (secondary N) is 2. The first-order valence-corrected chi connectivity index (χ1v) is 20.5. The summed E-state index contributed by atoms with van der Waals surface area (Å²) in [7, 11) is 0. The van der Waals surface area contributed by atoms with Gasteiger partial charge in [0.15, 0.2) is 10.3 Å². The van der Waals surface area contributed by atoms with Gasteiger partial charge >= 0.3 is 0 Å². The van der Waals surface area contributed by atoms with Gasteiger partial charge in [-0.1, -0.05) is 125 Å². The first kappa shape index (κ1) is 42.1. The normalized spacial score (nSPS) is 12.0. The summed E-state index contributed by atoms with van der Waals surface area (Å²) in [4.78, 5) is 19.8. The summed E-state index contributed by atoms with van der Waals surface area (Å²) < 4.78 is 0. The van der Waals surface area contributed by atoms with Gasteiger partial charge < -0.3 is 5.73 Å². The van der Waals surface area contributed by atoms with E-state index < -0.39 is 6.04 Å². The molecule has 6 aromatic rings. The lowest BCUT2D eigenvalue weighted by Gasteiger charge is -2.31. The van der Waals surface area contributed by atoms with Crippen LogP contribution in [0.1, 0.15) is 104 Å². The lowest BCUT2D eigenvalue weighted by Crippen LogP contribution is -2.25. The predicted octanol–water partition coefficient (Wildman–Crippen LogP) is 10.5. The smallest absolute Gasteiger partial charge is 0.183 e. The minimum absolute atomic E-state index is 0. The van der Waals surface area contributed by atoms with Crippen molar-refractivity contribution in [2.45, 2.75) is 110 Å². The van der Waals surface area contributed by atoms with Gasteiger partial charge in [-0.25, -0.2) is 9.97 Å². The predicted molar refractivity (Wildman–Crippen MR) is 230 cm³/mol. The zero-order valence-corrected chi connectivity index (χ0v) is 36.1. The molecule has 9 nitrogen and oxygen atoms in total.